The predicted molar refractivity (Wildman–Crippen MR) is 140 cm³/mol. The summed E-state index contributed by atoms with van der Waals surface area (Å²) >= 11 is 7.08. The zero-order valence-electron chi connectivity index (χ0n) is 20.8. The Bertz CT molecular complexity index is 1160. The van der Waals surface area contributed by atoms with E-state index in [9.17, 15) is 23.2 Å². The first-order valence-corrected chi connectivity index (χ1v) is 13.5. The maximum atomic E-state index is 13.4. The summed E-state index contributed by atoms with van der Waals surface area (Å²) in [5.74, 6) is -0.871. The van der Waals surface area contributed by atoms with Gasteiger partial charge in [-0.15, -0.1) is 11.3 Å². The fourth-order valence-electron chi connectivity index (χ4n) is 4.21. The Labute approximate surface area is 228 Å². The number of carbonyl (C=O) groups excluding carboxylic acids is 3. The molecule has 206 valence electrons. The average Bonchev–Trinajstić information content (AvgIpc) is 3.60. The molecule has 2 aliphatic rings. The molecule has 2 aromatic rings. The lowest BCUT2D eigenvalue weighted by Gasteiger charge is -2.30. The molecule has 1 aromatic carbocycles. The van der Waals surface area contributed by atoms with E-state index in [1.54, 1.807) is 12.1 Å². The highest BCUT2D eigenvalue weighted by Crippen LogP contribution is 2.34. The Morgan fingerprint density at radius 2 is 2.08 bits per heavy atom. The van der Waals surface area contributed by atoms with Crippen LogP contribution in [0.1, 0.15) is 29.4 Å². The van der Waals surface area contributed by atoms with Crippen molar-refractivity contribution in [2.24, 2.45) is 5.92 Å². The maximum Gasteiger partial charge on any atom is 0.387 e. The third kappa shape index (κ3) is 7.40. The highest BCUT2D eigenvalue weighted by molar-refractivity contribution is 7.18. The summed E-state index contributed by atoms with van der Waals surface area (Å²) in [6, 6.07) is 6.78. The minimum atomic E-state index is -3.13. The lowest BCUT2D eigenvalue weighted by atomic mass is 10.1. The second kappa shape index (κ2) is 12.8. The van der Waals surface area contributed by atoms with Gasteiger partial charge in [-0.3, -0.25) is 19.3 Å². The lowest BCUT2D eigenvalue weighted by molar-refractivity contribution is -0.126. The number of halogens is 3. The molecule has 0 unspecified atom stereocenters. The molecule has 13 heteroatoms. The summed E-state index contributed by atoms with van der Waals surface area (Å²) in [6.07, 6.45) is 2.17. The van der Waals surface area contributed by atoms with Crippen molar-refractivity contribution >= 4 is 52.0 Å². The highest BCUT2D eigenvalue weighted by Gasteiger charge is 2.32. The fraction of sp³-hybridized carbons (Fsp3) is 0.480. The number of likely N-dealkylation sites (N-methyl/N-ethyl adjacent to an activating group) is 1. The minimum absolute atomic E-state index is 0.0432. The van der Waals surface area contributed by atoms with Gasteiger partial charge in [0, 0.05) is 31.4 Å². The van der Waals surface area contributed by atoms with Crippen LogP contribution in [0.3, 0.4) is 0 Å². The first-order chi connectivity index (χ1) is 18.2. The summed E-state index contributed by atoms with van der Waals surface area (Å²) in [6.45, 7) is 0.420. The third-order valence-electron chi connectivity index (χ3n) is 6.31. The topological polar surface area (TPSA) is 100 Å². The smallest absolute Gasteiger partial charge is 0.387 e. The molecule has 1 saturated heterocycles. The van der Waals surface area contributed by atoms with Gasteiger partial charge in [-0.25, -0.2) is 0 Å². The predicted octanol–water partition coefficient (Wildman–Crippen LogP) is 3.84. The van der Waals surface area contributed by atoms with Gasteiger partial charge in [-0.1, -0.05) is 18.5 Å². The average molecular weight is 571 g/mol. The van der Waals surface area contributed by atoms with Crippen LogP contribution in [0.5, 0.6) is 5.75 Å². The van der Waals surface area contributed by atoms with Crippen molar-refractivity contribution in [2.75, 3.05) is 49.6 Å². The molecule has 0 spiro atoms. The van der Waals surface area contributed by atoms with Gasteiger partial charge in [0.15, 0.2) is 5.75 Å². The van der Waals surface area contributed by atoms with E-state index in [0.29, 0.717) is 28.2 Å². The van der Waals surface area contributed by atoms with Gasteiger partial charge in [-0.05, 0) is 49.6 Å². The van der Waals surface area contributed by atoms with Gasteiger partial charge in [0.05, 0.1) is 21.5 Å². The Morgan fingerprint density at radius 1 is 1.29 bits per heavy atom. The largest absolute Gasteiger partial charge is 0.433 e. The lowest BCUT2D eigenvalue weighted by Crippen LogP contribution is -2.51. The van der Waals surface area contributed by atoms with Crippen LogP contribution in [-0.4, -0.2) is 74.7 Å². The van der Waals surface area contributed by atoms with Crippen LogP contribution in [-0.2, 0) is 14.3 Å². The summed E-state index contributed by atoms with van der Waals surface area (Å²) in [5, 5.41) is 5.58. The quantitative estimate of drug-likeness (QED) is 0.402. The van der Waals surface area contributed by atoms with E-state index in [0.717, 1.165) is 24.2 Å². The van der Waals surface area contributed by atoms with Gasteiger partial charge in [0.2, 0.25) is 5.91 Å². The second-order valence-corrected chi connectivity index (χ2v) is 10.7. The van der Waals surface area contributed by atoms with Crippen LogP contribution in [0, 0.1) is 5.92 Å². The number of amides is 3. The van der Waals surface area contributed by atoms with E-state index in [2.05, 4.69) is 10.6 Å². The number of benzene rings is 1. The third-order valence-corrected chi connectivity index (χ3v) is 7.54. The number of carbonyl (C=O) groups is 3. The normalized spacial score (nSPS) is 16.6. The Hall–Kier alpha value is -2.80. The summed E-state index contributed by atoms with van der Waals surface area (Å²) in [4.78, 5) is 42.1. The molecule has 0 bridgehead atoms. The molecule has 2 N–H and O–H groups in total. The van der Waals surface area contributed by atoms with E-state index in [1.165, 1.54) is 23.1 Å². The Morgan fingerprint density at radius 3 is 2.71 bits per heavy atom. The molecular weight excluding hydrogens is 542 g/mol. The van der Waals surface area contributed by atoms with Crippen LogP contribution in [0.25, 0.3) is 0 Å². The van der Waals surface area contributed by atoms with Gasteiger partial charge >= 0.3 is 6.61 Å². The van der Waals surface area contributed by atoms with Crippen LogP contribution in [0.4, 0.5) is 20.2 Å². The van der Waals surface area contributed by atoms with Crippen molar-refractivity contribution in [3.8, 4) is 5.75 Å². The van der Waals surface area contributed by atoms with Gasteiger partial charge in [0.25, 0.3) is 11.8 Å². The van der Waals surface area contributed by atoms with E-state index in [1.807, 2.05) is 11.8 Å². The van der Waals surface area contributed by atoms with Gasteiger partial charge in [-0.2, -0.15) is 8.78 Å². The first kappa shape index (κ1) is 28.2. The number of hydrogen-bond acceptors (Lipinski definition) is 7. The number of thiophene rings is 1. The fourth-order valence-corrected chi connectivity index (χ4v) is 5.17. The zero-order chi connectivity index (χ0) is 27.2. The van der Waals surface area contributed by atoms with Crippen molar-refractivity contribution < 1.29 is 32.6 Å². The minimum Gasteiger partial charge on any atom is -0.433 e. The molecular formula is C25H29ClF2N4O5S. The molecule has 1 aliphatic carbocycles. The van der Waals surface area contributed by atoms with E-state index in [-0.39, 0.29) is 55.2 Å². The molecule has 1 saturated carbocycles. The van der Waals surface area contributed by atoms with E-state index in [4.69, 9.17) is 21.1 Å². The zero-order valence-corrected chi connectivity index (χ0v) is 22.3. The second-order valence-electron chi connectivity index (χ2n) is 9.01. The maximum absolute atomic E-state index is 13.4. The van der Waals surface area contributed by atoms with E-state index >= 15 is 0 Å². The highest BCUT2D eigenvalue weighted by atomic mass is 35.5. The molecule has 1 aliphatic heterocycles. The molecule has 0 radical (unpaired) electrons. The van der Waals surface area contributed by atoms with E-state index < -0.39 is 18.6 Å². The number of morpholine rings is 1. The molecule has 1 aromatic heterocycles. The van der Waals surface area contributed by atoms with Gasteiger partial charge in [0.1, 0.15) is 12.6 Å². The van der Waals surface area contributed by atoms with Crippen molar-refractivity contribution in [3.63, 3.8) is 0 Å². The van der Waals surface area contributed by atoms with Gasteiger partial charge < -0.3 is 25.0 Å². The number of alkyl halides is 2. The molecule has 1 atom stereocenters. The Balaban J connectivity index is 1.52. The number of nitrogens with one attached hydrogen (secondary N) is 2. The molecule has 3 amide bonds. The summed E-state index contributed by atoms with van der Waals surface area (Å²) in [7, 11) is 0. The van der Waals surface area contributed by atoms with Crippen LogP contribution >= 0.6 is 22.9 Å². The number of rotatable bonds is 12. The van der Waals surface area contributed by atoms with Crippen LogP contribution in [0.15, 0.2) is 30.3 Å². The van der Waals surface area contributed by atoms with Crippen molar-refractivity contribution in [3.05, 3.63) is 39.5 Å². The van der Waals surface area contributed by atoms with Crippen molar-refractivity contribution in [1.29, 1.82) is 0 Å². The van der Waals surface area contributed by atoms with Crippen molar-refractivity contribution in [1.82, 2.24) is 10.2 Å². The number of nitrogens with zero attached hydrogens (tertiary/aromatic N) is 2. The standard InChI is InChI=1S/C25H29ClF2N4O5S/c1-2-31(13-15-3-4-15)18(12-29-24(35)20-7-8-21(26)38-20)23(34)30-16-5-6-17(19(11-16)37-25(27)28)32-9-10-36-14-22(32)33/h5-8,11,15,18,25H,2-4,9-10,12-14H2,1H3,(H,29,35)(H,30,34)/t18-/m1/s1. The number of hydrogen-bond donors (Lipinski definition) is 2. The van der Waals surface area contributed by atoms with Crippen LogP contribution in [0.2, 0.25) is 4.34 Å². The molecule has 4 rings (SSSR count). The molecule has 9 nitrogen and oxygen atoms in total. The molecule has 2 heterocycles. The van der Waals surface area contributed by atoms with Crippen molar-refractivity contribution in [2.45, 2.75) is 32.4 Å². The van der Waals surface area contributed by atoms with Crippen LogP contribution < -0.4 is 20.3 Å². The first-order valence-electron chi connectivity index (χ1n) is 12.3. The number of anilines is 2. The molecule has 38 heavy (non-hydrogen) atoms. The SMILES string of the molecule is CCN(CC1CC1)[C@H](CNC(=O)c1ccc(Cl)s1)C(=O)Nc1ccc(N2CCOCC2=O)c(OC(F)F)c1. The summed E-state index contributed by atoms with van der Waals surface area (Å²) < 4.78 is 36.7. The Kier molecular flexibility index (Phi) is 9.53. The monoisotopic (exact) mass is 570 g/mol. The number of ether oxygens (including phenoxy) is 2. The molecule has 2 fully saturated rings. The summed E-state index contributed by atoms with van der Waals surface area (Å²) in [5.41, 5.74) is 0.387.